The molecule has 1 rings (SSSR count). The van der Waals surface area contributed by atoms with Crippen molar-refractivity contribution in [2.75, 3.05) is 0 Å². The molecule has 0 aromatic heterocycles. The van der Waals surface area contributed by atoms with Gasteiger partial charge in [-0.2, -0.15) is 0 Å². The third-order valence-electron chi connectivity index (χ3n) is 3.31. The lowest BCUT2D eigenvalue weighted by Gasteiger charge is -2.36. The highest BCUT2D eigenvalue weighted by atomic mass is 35.5. The first-order chi connectivity index (χ1) is 7.24. The number of carbonyl (C=O) groups is 1. The Bertz CT molecular complexity index is 360. The molecule has 16 heavy (non-hydrogen) atoms. The van der Waals surface area contributed by atoms with E-state index in [0.717, 1.165) is 5.56 Å². The number of Topliss-reactive ketones (excluding diaryl/α,β-unsaturated/α-hetero) is 1. The van der Waals surface area contributed by atoms with Crippen molar-refractivity contribution in [2.45, 2.75) is 39.0 Å². The van der Waals surface area contributed by atoms with Gasteiger partial charge in [-0.3, -0.25) is 4.79 Å². The fraction of sp³-hybridized carbons (Fsp3) is 0.500. The van der Waals surface area contributed by atoms with E-state index in [2.05, 4.69) is 0 Å². The van der Waals surface area contributed by atoms with Gasteiger partial charge in [0, 0.05) is 16.9 Å². The van der Waals surface area contributed by atoms with Gasteiger partial charge < -0.3 is 0 Å². The molecule has 0 spiro atoms. The van der Waals surface area contributed by atoms with Crippen molar-refractivity contribution in [3.8, 4) is 0 Å². The van der Waals surface area contributed by atoms with E-state index in [1.54, 1.807) is 0 Å². The molecule has 1 aromatic carbocycles. The first-order valence-electron chi connectivity index (χ1n) is 5.51. The van der Waals surface area contributed by atoms with Crippen molar-refractivity contribution in [1.29, 1.82) is 0 Å². The van der Waals surface area contributed by atoms with E-state index in [4.69, 9.17) is 11.6 Å². The molecular weight excluding hydrogens is 220 g/mol. The van der Waals surface area contributed by atoms with Gasteiger partial charge in [0.05, 0.1) is 0 Å². The van der Waals surface area contributed by atoms with Gasteiger partial charge >= 0.3 is 0 Å². The van der Waals surface area contributed by atoms with Crippen LogP contribution in [0.5, 0.6) is 0 Å². The largest absolute Gasteiger partial charge is 0.294 e. The quantitative estimate of drug-likeness (QED) is 0.565. The first-order valence-corrected chi connectivity index (χ1v) is 5.89. The molecule has 0 atom stereocenters. The summed E-state index contributed by atoms with van der Waals surface area (Å²) in [5, 5.41) is 0. The minimum Gasteiger partial charge on any atom is -0.294 e. The first kappa shape index (κ1) is 13.2. The van der Waals surface area contributed by atoms with Crippen molar-refractivity contribution in [3.63, 3.8) is 0 Å². The van der Waals surface area contributed by atoms with Crippen molar-refractivity contribution in [1.82, 2.24) is 0 Å². The van der Waals surface area contributed by atoms with Crippen LogP contribution in [0.1, 0.15) is 44.5 Å². The summed E-state index contributed by atoms with van der Waals surface area (Å²) in [6.45, 7) is 7.96. The third-order valence-corrected chi connectivity index (χ3v) is 3.82. The molecule has 0 heterocycles. The molecule has 0 bridgehead atoms. The second-order valence-corrected chi connectivity index (χ2v) is 6.27. The summed E-state index contributed by atoms with van der Waals surface area (Å²) in [5.74, 6) is 0.152. The maximum Gasteiger partial charge on any atom is 0.163 e. The predicted octanol–water partition coefficient (Wildman–Crippen LogP) is 4.30. The van der Waals surface area contributed by atoms with Gasteiger partial charge in [0.15, 0.2) is 5.78 Å². The minimum absolute atomic E-state index is 0.152. The lowest BCUT2D eigenvalue weighted by molar-refractivity contribution is 0.0908. The van der Waals surface area contributed by atoms with Crippen LogP contribution in [-0.4, -0.2) is 10.7 Å². The summed E-state index contributed by atoms with van der Waals surface area (Å²) in [6.07, 6.45) is 0.466. The Morgan fingerprint density at radius 1 is 1.12 bits per heavy atom. The molecule has 0 aliphatic rings. The zero-order chi connectivity index (χ0) is 12.4. The van der Waals surface area contributed by atoms with Crippen LogP contribution in [-0.2, 0) is 0 Å². The van der Waals surface area contributed by atoms with Crippen LogP contribution in [0, 0.1) is 5.41 Å². The molecule has 0 aliphatic heterocycles. The highest BCUT2D eigenvalue weighted by molar-refractivity contribution is 6.24. The second kappa shape index (κ2) is 4.58. The van der Waals surface area contributed by atoms with E-state index in [0.29, 0.717) is 6.42 Å². The Balaban J connectivity index is 2.80. The second-order valence-electron chi connectivity index (χ2n) is 5.32. The molecule has 0 unspecified atom stereocenters. The van der Waals surface area contributed by atoms with Gasteiger partial charge in [-0.15, -0.1) is 11.6 Å². The number of hydrogen-bond donors (Lipinski definition) is 0. The molecule has 88 valence electrons. The molecule has 0 fully saturated rings. The van der Waals surface area contributed by atoms with Crippen molar-refractivity contribution in [2.24, 2.45) is 5.41 Å². The SMILES string of the molecule is CC(C)(Cl)C(C)(C)CC(=O)c1ccccc1. The van der Waals surface area contributed by atoms with E-state index in [1.807, 2.05) is 58.0 Å². The van der Waals surface area contributed by atoms with Crippen LogP contribution >= 0.6 is 11.6 Å². The number of halogens is 1. The lowest BCUT2D eigenvalue weighted by Crippen LogP contribution is -2.35. The highest BCUT2D eigenvalue weighted by Crippen LogP contribution is 2.39. The maximum absolute atomic E-state index is 12.0. The van der Waals surface area contributed by atoms with Crippen molar-refractivity contribution < 1.29 is 4.79 Å². The Hall–Kier alpha value is -0.820. The summed E-state index contributed by atoms with van der Waals surface area (Å²) < 4.78 is 0. The number of hydrogen-bond acceptors (Lipinski definition) is 1. The number of rotatable bonds is 4. The summed E-state index contributed by atoms with van der Waals surface area (Å²) in [5.41, 5.74) is 0.540. The molecule has 1 nitrogen and oxygen atoms in total. The van der Waals surface area contributed by atoms with Crippen LogP contribution < -0.4 is 0 Å². The summed E-state index contributed by atoms with van der Waals surface area (Å²) in [4.78, 5) is 11.7. The Morgan fingerprint density at radius 2 is 1.62 bits per heavy atom. The molecule has 1 aromatic rings. The fourth-order valence-electron chi connectivity index (χ4n) is 1.34. The van der Waals surface area contributed by atoms with Gasteiger partial charge in [-0.05, 0) is 19.3 Å². The molecule has 0 N–H and O–H groups in total. The minimum atomic E-state index is -0.391. The van der Waals surface area contributed by atoms with Gasteiger partial charge in [-0.1, -0.05) is 44.2 Å². The molecule has 0 saturated heterocycles. The topological polar surface area (TPSA) is 17.1 Å². The summed E-state index contributed by atoms with van der Waals surface area (Å²) >= 11 is 6.30. The standard InChI is InChI=1S/C14H19ClO/c1-13(2,14(3,4)15)10-12(16)11-8-6-5-7-9-11/h5-9H,10H2,1-4H3. The molecule has 0 aliphatic carbocycles. The van der Waals surface area contributed by atoms with Crippen LogP contribution in [0.4, 0.5) is 0 Å². The van der Waals surface area contributed by atoms with Gasteiger partial charge in [0.2, 0.25) is 0 Å². The molecule has 2 heteroatoms. The van der Waals surface area contributed by atoms with Crippen LogP contribution in [0.3, 0.4) is 0 Å². The van der Waals surface area contributed by atoms with Crippen molar-refractivity contribution in [3.05, 3.63) is 35.9 Å². The Kier molecular flexibility index (Phi) is 3.80. The monoisotopic (exact) mass is 238 g/mol. The maximum atomic E-state index is 12.0. The van der Waals surface area contributed by atoms with E-state index < -0.39 is 4.87 Å². The normalized spacial score (nSPS) is 12.6. The number of alkyl halides is 1. The van der Waals surface area contributed by atoms with Crippen LogP contribution in [0.25, 0.3) is 0 Å². The van der Waals surface area contributed by atoms with Gasteiger partial charge in [-0.25, -0.2) is 0 Å². The number of carbonyl (C=O) groups excluding carboxylic acids is 1. The number of benzene rings is 1. The molecule has 0 saturated carbocycles. The Labute approximate surface area is 103 Å². The zero-order valence-electron chi connectivity index (χ0n) is 10.4. The smallest absolute Gasteiger partial charge is 0.163 e. The summed E-state index contributed by atoms with van der Waals surface area (Å²) in [7, 11) is 0. The fourth-order valence-corrected chi connectivity index (χ4v) is 1.40. The average molecular weight is 239 g/mol. The van der Waals surface area contributed by atoms with E-state index in [-0.39, 0.29) is 11.2 Å². The third kappa shape index (κ3) is 3.08. The van der Waals surface area contributed by atoms with Crippen LogP contribution in [0.2, 0.25) is 0 Å². The van der Waals surface area contributed by atoms with E-state index in [9.17, 15) is 4.79 Å². The van der Waals surface area contributed by atoms with E-state index in [1.165, 1.54) is 0 Å². The van der Waals surface area contributed by atoms with E-state index >= 15 is 0 Å². The molecule has 0 radical (unpaired) electrons. The van der Waals surface area contributed by atoms with Gasteiger partial charge in [0.1, 0.15) is 0 Å². The predicted molar refractivity (Wildman–Crippen MR) is 69.1 cm³/mol. The number of ketones is 1. The highest BCUT2D eigenvalue weighted by Gasteiger charge is 2.36. The molecule has 0 amide bonds. The summed E-state index contributed by atoms with van der Waals surface area (Å²) in [6, 6.07) is 9.37. The zero-order valence-corrected chi connectivity index (χ0v) is 11.1. The lowest BCUT2D eigenvalue weighted by atomic mass is 9.75. The average Bonchev–Trinajstić information content (AvgIpc) is 2.16. The molecular formula is C14H19ClO. The van der Waals surface area contributed by atoms with Gasteiger partial charge in [0.25, 0.3) is 0 Å². The Morgan fingerprint density at radius 3 is 2.06 bits per heavy atom. The van der Waals surface area contributed by atoms with Crippen LogP contribution in [0.15, 0.2) is 30.3 Å². The van der Waals surface area contributed by atoms with Crippen molar-refractivity contribution >= 4 is 17.4 Å².